The molecule has 1 unspecified atom stereocenters. The second-order valence-electron chi connectivity index (χ2n) is 3.17. The lowest BCUT2D eigenvalue weighted by Gasteiger charge is -2.09. The fraction of sp³-hybridized carbons (Fsp3) is 0.889. The van der Waals surface area contributed by atoms with Crippen LogP contribution in [0.15, 0.2) is 0 Å². The van der Waals surface area contributed by atoms with Gasteiger partial charge in [-0.2, -0.15) is 0 Å². The number of hydrogen-bond donors (Lipinski definition) is 1. The van der Waals surface area contributed by atoms with E-state index >= 15 is 0 Å². The number of carbonyl (C=O) groups excluding carboxylic acids is 1. The molecule has 0 radical (unpaired) electrons. The molecule has 0 aromatic heterocycles. The van der Waals surface area contributed by atoms with Crippen molar-refractivity contribution in [2.75, 3.05) is 6.61 Å². The Labute approximate surface area is 73.7 Å². The quantitative estimate of drug-likeness (QED) is 0.640. The van der Waals surface area contributed by atoms with E-state index in [2.05, 4.69) is 0 Å². The van der Waals surface area contributed by atoms with Gasteiger partial charge in [-0.25, -0.2) is 0 Å². The second-order valence-corrected chi connectivity index (χ2v) is 3.17. The Bertz CT molecular complexity index is 132. The van der Waals surface area contributed by atoms with Gasteiger partial charge in [-0.15, -0.1) is 0 Å². The fourth-order valence-corrected chi connectivity index (χ4v) is 0.666. The van der Waals surface area contributed by atoms with E-state index in [1.54, 1.807) is 13.8 Å². The van der Waals surface area contributed by atoms with E-state index in [0.717, 1.165) is 0 Å². The van der Waals surface area contributed by atoms with Gasteiger partial charge in [0.1, 0.15) is 0 Å². The van der Waals surface area contributed by atoms with E-state index in [1.165, 1.54) is 0 Å². The zero-order chi connectivity index (χ0) is 9.56. The molecule has 3 nitrogen and oxygen atoms in total. The minimum Gasteiger partial charge on any atom is -0.465 e. The van der Waals surface area contributed by atoms with E-state index in [-0.39, 0.29) is 18.0 Å². The first-order valence-electron chi connectivity index (χ1n) is 4.42. The van der Waals surface area contributed by atoms with Gasteiger partial charge in [0.2, 0.25) is 0 Å². The minimum atomic E-state index is -0.343. The molecule has 0 spiro atoms. The van der Waals surface area contributed by atoms with Crippen molar-refractivity contribution < 1.29 is 14.6 Å². The highest BCUT2D eigenvalue weighted by Crippen LogP contribution is 2.00. The molecule has 1 atom stereocenters. The maximum atomic E-state index is 10.9. The van der Waals surface area contributed by atoms with Crippen LogP contribution in [-0.2, 0) is 9.53 Å². The normalized spacial score (nSPS) is 13.1. The molecule has 12 heavy (non-hydrogen) atoms. The van der Waals surface area contributed by atoms with Crippen molar-refractivity contribution in [3.05, 3.63) is 0 Å². The number of rotatable bonds is 5. The van der Waals surface area contributed by atoms with Crippen molar-refractivity contribution in [2.45, 2.75) is 39.7 Å². The van der Waals surface area contributed by atoms with Crippen LogP contribution in [0, 0.1) is 5.92 Å². The van der Waals surface area contributed by atoms with Crippen LogP contribution in [-0.4, -0.2) is 23.8 Å². The Morgan fingerprint density at radius 3 is 2.50 bits per heavy atom. The fourth-order valence-electron chi connectivity index (χ4n) is 0.666. The smallest absolute Gasteiger partial charge is 0.308 e. The van der Waals surface area contributed by atoms with Crippen molar-refractivity contribution in [1.82, 2.24) is 0 Å². The zero-order valence-electron chi connectivity index (χ0n) is 8.04. The lowest BCUT2D eigenvalue weighted by molar-refractivity contribution is -0.147. The molecule has 3 heteroatoms. The average Bonchev–Trinajstić information content (AvgIpc) is 2.03. The van der Waals surface area contributed by atoms with Crippen molar-refractivity contribution >= 4 is 5.97 Å². The van der Waals surface area contributed by atoms with E-state index in [9.17, 15) is 4.79 Å². The van der Waals surface area contributed by atoms with Gasteiger partial charge in [-0.1, -0.05) is 20.8 Å². The summed E-state index contributed by atoms with van der Waals surface area (Å²) in [4.78, 5) is 10.9. The summed E-state index contributed by atoms with van der Waals surface area (Å²) in [6, 6.07) is 0. The minimum absolute atomic E-state index is 0.0798. The molecule has 0 aliphatic heterocycles. The molecule has 0 aromatic carbocycles. The number of esters is 1. The first kappa shape index (κ1) is 11.4. The molecule has 0 aromatic rings. The molecule has 0 bridgehead atoms. The molecular formula is C9H18O3. The van der Waals surface area contributed by atoms with Gasteiger partial charge >= 0.3 is 5.97 Å². The third kappa shape index (κ3) is 5.13. The highest BCUT2D eigenvalue weighted by molar-refractivity contribution is 5.71. The molecule has 0 fully saturated rings. The maximum absolute atomic E-state index is 10.9. The number of aliphatic hydroxyl groups is 1. The maximum Gasteiger partial charge on any atom is 0.308 e. The van der Waals surface area contributed by atoms with Gasteiger partial charge < -0.3 is 9.84 Å². The summed E-state index contributed by atoms with van der Waals surface area (Å²) in [5, 5.41) is 9.12. The van der Waals surface area contributed by atoms with Crippen LogP contribution in [0.3, 0.4) is 0 Å². The predicted molar refractivity (Wildman–Crippen MR) is 46.7 cm³/mol. The third-order valence-electron chi connectivity index (χ3n) is 1.64. The van der Waals surface area contributed by atoms with Crippen molar-refractivity contribution in [3.8, 4) is 0 Å². The van der Waals surface area contributed by atoms with E-state index in [0.29, 0.717) is 19.4 Å². The number of hydrogen-bond acceptors (Lipinski definition) is 3. The third-order valence-corrected chi connectivity index (χ3v) is 1.64. The molecule has 0 saturated carbocycles. The van der Waals surface area contributed by atoms with Gasteiger partial charge in [0, 0.05) is 6.42 Å². The Morgan fingerprint density at radius 1 is 1.50 bits per heavy atom. The molecular weight excluding hydrogens is 156 g/mol. The standard InChI is InChI=1S/C9H18O3/c1-4-8(10)5-6-12-9(11)7(2)3/h7-8,10H,4-6H2,1-3H3. The zero-order valence-corrected chi connectivity index (χ0v) is 8.04. The summed E-state index contributed by atoms with van der Waals surface area (Å²) in [6.45, 7) is 5.80. The number of carbonyl (C=O) groups is 1. The Hall–Kier alpha value is -0.570. The lowest BCUT2D eigenvalue weighted by Crippen LogP contribution is -2.16. The SMILES string of the molecule is CCC(O)CCOC(=O)C(C)C. The van der Waals surface area contributed by atoms with Gasteiger partial charge in [0.15, 0.2) is 0 Å². The number of aliphatic hydroxyl groups excluding tert-OH is 1. The highest BCUT2D eigenvalue weighted by atomic mass is 16.5. The Balaban J connectivity index is 3.37. The van der Waals surface area contributed by atoms with Crippen molar-refractivity contribution in [1.29, 1.82) is 0 Å². The molecule has 0 aliphatic carbocycles. The monoisotopic (exact) mass is 174 g/mol. The summed E-state index contributed by atoms with van der Waals surface area (Å²) < 4.78 is 4.88. The topological polar surface area (TPSA) is 46.5 Å². The van der Waals surface area contributed by atoms with E-state index < -0.39 is 0 Å². The molecule has 1 N–H and O–H groups in total. The predicted octanol–water partition coefficient (Wildman–Crippen LogP) is 1.35. The second kappa shape index (κ2) is 6.00. The Kier molecular flexibility index (Phi) is 5.72. The summed E-state index contributed by atoms with van der Waals surface area (Å²) in [5.41, 5.74) is 0. The van der Waals surface area contributed by atoms with Crippen LogP contribution >= 0.6 is 0 Å². The first-order valence-corrected chi connectivity index (χ1v) is 4.42. The average molecular weight is 174 g/mol. The largest absolute Gasteiger partial charge is 0.465 e. The van der Waals surface area contributed by atoms with Crippen LogP contribution < -0.4 is 0 Å². The lowest BCUT2D eigenvalue weighted by atomic mass is 10.2. The van der Waals surface area contributed by atoms with Crippen LogP contribution in [0.2, 0.25) is 0 Å². The summed E-state index contributed by atoms with van der Waals surface area (Å²) in [7, 11) is 0. The molecule has 0 amide bonds. The highest BCUT2D eigenvalue weighted by Gasteiger charge is 2.08. The van der Waals surface area contributed by atoms with Crippen LogP contribution in [0.25, 0.3) is 0 Å². The van der Waals surface area contributed by atoms with E-state index in [1.807, 2.05) is 6.92 Å². The molecule has 0 saturated heterocycles. The first-order chi connectivity index (χ1) is 5.57. The molecule has 0 heterocycles. The van der Waals surface area contributed by atoms with E-state index in [4.69, 9.17) is 9.84 Å². The number of ether oxygens (including phenoxy) is 1. The van der Waals surface area contributed by atoms with Gasteiger partial charge in [-0.3, -0.25) is 4.79 Å². The van der Waals surface area contributed by atoms with Gasteiger partial charge in [0.05, 0.1) is 18.6 Å². The summed E-state index contributed by atoms with van der Waals surface area (Å²) >= 11 is 0. The van der Waals surface area contributed by atoms with Crippen LogP contribution in [0.1, 0.15) is 33.6 Å². The Morgan fingerprint density at radius 2 is 2.08 bits per heavy atom. The molecule has 0 rings (SSSR count). The van der Waals surface area contributed by atoms with Crippen LogP contribution in [0.4, 0.5) is 0 Å². The molecule has 72 valence electrons. The summed E-state index contributed by atoms with van der Waals surface area (Å²) in [5.74, 6) is -0.276. The van der Waals surface area contributed by atoms with Crippen molar-refractivity contribution in [2.24, 2.45) is 5.92 Å². The van der Waals surface area contributed by atoms with Gasteiger partial charge in [0.25, 0.3) is 0 Å². The van der Waals surface area contributed by atoms with Crippen LogP contribution in [0.5, 0.6) is 0 Å². The molecule has 0 aliphatic rings. The van der Waals surface area contributed by atoms with Crippen molar-refractivity contribution in [3.63, 3.8) is 0 Å². The van der Waals surface area contributed by atoms with Gasteiger partial charge in [-0.05, 0) is 6.42 Å². The summed E-state index contributed by atoms with van der Waals surface area (Å²) in [6.07, 6.45) is 0.902.